The number of anilines is 1. The van der Waals surface area contributed by atoms with Crippen molar-refractivity contribution in [1.82, 2.24) is 5.32 Å². The number of carbonyl (C=O) groups is 1. The third-order valence-corrected chi connectivity index (χ3v) is 8.37. The molecule has 0 saturated carbocycles. The maximum absolute atomic E-state index is 13.5. The highest BCUT2D eigenvalue weighted by molar-refractivity contribution is 7.93. The largest absolute Gasteiger partial charge is 0.497 e. The summed E-state index contributed by atoms with van der Waals surface area (Å²) in [6.07, 6.45) is 1.11. The Balaban J connectivity index is 1.86. The summed E-state index contributed by atoms with van der Waals surface area (Å²) in [4.78, 5) is 13.1. The molecule has 0 aliphatic heterocycles. The Kier molecular flexibility index (Phi) is 8.09. The second kappa shape index (κ2) is 10.7. The molecule has 11 heteroatoms. The maximum atomic E-state index is 13.5. The van der Waals surface area contributed by atoms with E-state index < -0.39 is 38.4 Å². The van der Waals surface area contributed by atoms with E-state index in [1.807, 2.05) is 0 Å². The van der Waals surface area contributed by atoms with Gasteiger partial charge in [0.1, 0.15) is 12.3 Å². The number of sulfonamides is 1. The molecule has 0 bridgehead atoms. The molecule has 35 heavy (non-hydrogen) atoms. The standard InChI is InChI=1S/C24H25ClN2O6S2/c1-17(18-7-11-22(12-8-18)34(3,29)30)26-24(28)16-27(20-6-4-5-19(25)15-20)35(31,32)23-13-9-21(33-2)10-14-23/h4-15,17H,16H2,1-3H3,(H,26,28)/t17-/m0/s1. The van der Waals surface area contributed by atoms with Crippen molar-refractivity contribution in [3.8, 4) is 5.75 Å². The predicted octanol–water partition coefficient (Wildman–Crippen LogP) is 3.82. The van der Waals surface area contributed by atoms with Gasteiger partial charge in [-0.05, 0) is 67.1 Å². The second-order valence-corrected chi connectivity index (χ2v) is 12.1. The van der Waals surface area contributed by atoms with Gasteiger partial charge in [-0.2, -0.15) is 0 Å². The van der Waals surface area contributed by atoms with Crippen molar-refractivity contribution in [2.75, 3.05) is 24.2 Å². The van der Waals surface area contributed by atoms with Crippen molar-refractivity contribution < 1.29 is 26.4 Å². The first-order valence-electron chi connectivity index (χ1n) is 10.4. The molecule has 3 aromatic rings. The van der Waals surface area contributed by atoms with Crippen molar-refractivity contribution in [1.29, 1.82) is 0 Å². The molecule has 0 aliphatic rings. The lowest BCUT2D eigenvalue weighted by molar-refractivity contribution is -0.120. The molecular formula is C24H25ClN2O6S2. The number of methoxy groups -OCH3 is 1. The topological polar surface area (TPSA) is 110 Å². The summed E-state index contributed by atoms with van der Waals surface area (Å²) in [6, 6.07) is 17.7. The number of hydrogen-bond donors (Lipinski definition) is 1. The Morgan fingerprint density at radius 2 is 1.57 bits per heavy atom. The lowest BCUT2D eigenvalue weighted by Gasteiger charge is -2.25. The van der Waals surface area contributed by atoms with Gasteiger partial charge in [-0.25, -0.2) is 16.8 Å². The van der Waals surface area contributed by atoms with Gasteiger partial charge < -0.3 is 10.1 Å². The second-order valence-electron chi connectivity index (χ2n) is 7.80. The maximum Gasteiger partial charge on any atom is 0.264 e. The average Bonchev–Trinajstić information content (AvgIpc) is 2.82. The molecule has 0 heterocycles. The molecule has 1 N–H and O–H groups in total. The minimum absolute atomic E-state index is 0.0181. The van der Waals surface area contributed by atoms with E-state index in [4.69, 9.17) is 16.3 Å². The number of hydrogen-bond acceptors (Lipinski definition) is 6. The quantitative estimate of drug-likeness (QED) is 0.445. The van der Waals surface area contributed by atoms with Crippen LogP contribution >= 0.6 is 11.6 Å². The first-order valence-corrected chi connectivity index (χ1v) is 14.1. The zero-order chi connectivity index (χ0) is 25.8. The van der Waals surface area contributed by atoms with E-state index in [1.165, 1.54) is 49.6 Å². The highest BCUT2D eigenvalue weighted by Crippen LogP contribution is 2.27. The van der Waals surface area contributed by atoms with E-state index in [1.54, 1.807) is 37.3 Å². The minimum atomic E-state index is -4.12. The zero-order valence-electron chi connectivity index (χ0n) is 19.3. The Morgan fingerprint density at radius 3 is 2.11 bits per heavy atom. The van der Waals surface area contributed by atoms with Gasteiger partial charge in [-0.3, -0.25) is 9.10 Å². The molecule has 0 aliphatic carbocycles. The van der Waals surface area contributed by atoms with Gasteiger partial charge in [-0.15, -0.1) is 0 Å². The number of amides is 1. The molecule has 1 atom stereocenters. The number of halogens is 1. The highest BCUT2D eigenvalue weighted by Gasteiger charge is 2.28. The van der Waals surface area contributed by atoms with Crippen molar-refractivity contribution in [3.05, 3.63) is 83.4 Å². The van der Waals surface area contributed by atoms with E-state index >= 15 is 0 Å². The van der Waals surface area contributed by atoms with Gasteiger partial charge >= 0.3 is 0 Å². The fraction of sp³-hybridized carbons (Fsp3) is 0.208. The Labute approximate surface area is 210 Å². The van der Waals surface area contributed by atoms with E-state index in [-0.39, 0.29) is 15.5 Å². The molecule has 0 saturated heterocycles. The van der Waals surface area contributed by atoms with E-state index in [0.29, 0.717) is 16.3 Å². The van der Waals surface area contributed by atoms with Crippen molar-refractivity contribution in [2.24, 2.45) is 0 Å². The third-order valence-electron chi connectivity index (χ3n) is 5.22. The van der Waals surface area contributed by atoms with Crippen LogP contribution in [0.3, 0.4) is 0 Å². The van der Waals surface area contributed by atoms with Crippen LogP contribution in [0.5, 0.6) is 5.75 Å². The first-order chi connectivity index (χ1) is 16.4. The predicted molar refractivity (Wildman–Crippen MR) is 135 cm³/mol. The van der Waals surface area contributed by atoms with Crippen LogP contribution in [0.2, 0.25) is 5.02 Å². The Hall–Kier alpha value is -3.08. The van der Waals surface area contributed by atoms with Crippen molar-refractivity contribution in [2.45, 2.75) is 22.8 Å². The van der Waals surface area contributed by atoms with Crippen LogP contribution in [0.25, 0.3) is 0 Å². The summed E-state index contributed by atoms with van der Waals surface area (Å²) in [6.45, 7) is 1.22. The number of nitrogens with zero attached hydrogens (tertiary/aromatic N) is 1. The molecule has 3 rings (SSSR count). The summed E-state index contributed by atoms with van der Waals surface area (Å²) in [7, 11) is -5.99. The summed E-state index contributed by atoms with van der Waals surface area (Å²) < 4.78 is 56.4. The van der Waals surface area contributed by atoms with Crippen LogP contribution in [-0.4, -0.2) is 42.7 Å². The van der Waals surface area contributed by atoms with Crippen LogP contribution in [-0.2, 0) is 24.7 Å². The first kappa shape index (κ1) is 26.5. The van der Waals surface area contributed by atoms with Crippen LogP contribution in [0.15, 0.2) is 82.6 Å². The van der Waals surface area contributed by atoms with E-state index in [9.17, 15) is 21.6 Å². The number of ether oxygens (including phenoxy) is 1. The van der Waals surface area contributed by atoms with Gasteiger partial charge in [0.25, 0.3) is 10.0 Å². The fourth-order valence-electron chi connectivity index (χ4n) is 3.33. The van der Waals surface area contributed by atoms with Crippen LogP contribution in [0, 0.1) is 0 Å². The Morgan fingerprint density at radius 1 is 0.971 bits per heavy atom. The number of sulfone groups is 1. The van der Waals surface area contributed by atoms with E-state index in [0.717, 1.165) is 10.6 Å². The number of rotatable bonds is 9. The van der Waals surface area contributed by atoms with Gasteiger partial charge in [0.2, 0.25) is 5.91 Å². The normalized spacial score (nSPS) is 12.6. The van der Waals surface area contributed by atoms with E-state index in [2.05, 4.69) is 5.32 Å². The van der Waals surface area contributed by atoms with Gasteiger partial charge in [0.15, 0.2) is 9.84 Å². The SMILES string of the molecule is COc1ccc(S(=O)(=O)N(CC(=O)N[C@@H](C)c2ccc(S(C)(=O)=O)cc2)c2cccc(Cl)c2)cc1. The smallest absolute Gasteiger partial charge is 0.264 e. The number of nitrogens with one attached hydrogen (secondary N) is 1. The number of carbonyl (C=O) groups excluding carboxylic acids is 1. The Bertz CT molecular complexity index is 1410. The van der Waals surface area contributed by atoms with Gasteiger partial charge in [-0.1, -0.05) is 29.8 Å². The summed E-state index contributed by atoms with van der Waals surface area (Å²) in [5.74, 6) is -0.0616. The molecule has 0 radical (unpaired) electrons. The summed E-state index contributed by atoms with van der Waals surface area (Å²) in [5, 5.41) is 3.08. The molecule has 186 valence electrons. The van der Waals surface area contributed by atoms with Crippen molar-refractivity contribution in [3.63, 3.8) is 0 Å². The van der Waals surface area contributed by atoms with Crippen LogP contribution in [0.4, 0.5) is 5.69 Å². The lowest BCUT2D eigenvalue weighted by atomic mass is 10.1. The van der Waals surface area contributed by atoms with Gasteiger partial charge in [0.05, 0.1) is 28.6 Å². The molecular weight excluding hydrogens is 512 g/mol. The molecule has 0 fully saturated rings. The van der Waals surface area contributed by atoms with Crippen molar-refractivity contribution >= 4 is 43.1 Å². The molecule has 8 nitrogen and oxygen atoms in total. The monoisotopic (exact) mass is 536 g/mol. The molecule has 0 unspecified atom stereocenters. The third kappa shape index (κ3) is 6.53. The minimum Gasteiger partial charge on any atom is -0.497 e. The van der Waals surface area contributed by atoms with Crippen LogP contribution in [0.1, 0.15) is 18.5 Å². The van der Waals surface area contributed by atoms with Gasteiger partial charge in [0, 0.05) is 11.3 Å². The fourth-order valence-corrected chi connectivity index (χ4v) is 5.55. The zero-order valence-corrected chi connectivity index (χ0v) is 21.7. The molecule has 3 aromatic carbocycles. The molecule has 0 spiro atoms. The van der Waals surface area contributed by atoms with Crippen LogP contribution < -0.4 is 14.4 Å². The number of benzene rings is 3. The molecule has 1 amide bonds. The summed E-state index contributed by atoms with van der Waals surface area (Å²) in [5.41, 5.74) is 0.895. The highest BCUT2D eigenvalue weighted by atomic mass is 35.5. The average molecular weight is 537 g/mol. The molecule has 0 aromatic heterocycles. The lowest BCUT2D eigenvalue weighted by Crippen LogP contribution is -2.41. The summed E-state index contributed by atoms with van der Waals surface area (Å²) >= 11 is 6.09.